The molecule has 10 heteroatoms. The molecule has 2 amide bonds. The molecular formula is C17H10Cl2N2O5S. The van der Waals surface area contributed by atoms with Gasteiger partial charge >= 0.3 is 0 Å². The highest BCUT2D eigenvalue weighted by molar-refractivity contribution is 8.18. The predicted molar refractivity (Wildman–Crippen MR) is 104 cm³/mol. The van der Waals surface area contributed by atoms with Crippen molar-refractivity contribution in [2.45, 2.75) is 0 Å². The summed E-state index contributed by atoms with van der Waals surface area (Å²) in [5, 5.41) is 10.8. The Morgan fingerprint density at radius 3 is 2.67 bits per heavy atom. The van der Waals surface area contributed by atoms with Crippen LogP contribution in [-0.2, 0) is 4.79 Å². The minimum atomic E-state index is -0.623. The molecule has 2 heterocycles. The monoisotopic (exact) mass is 424 g/mol. The highest BCUT2D eigenvalue weighted by Crippen LogP contribution is 2.38. The Balaban J connectivity index is 1.93. The fraction of sp³-hybridized carbons (Fsp3) is 0.0588. The van der Waals surface area contributed by atoms with Crippen LogP contribution in [0, 0.1) is 10.1 Å². The van der Waals surface area contributed by atoms with E-state index in [1.807, 2.05) is 0 Å². The molecule has 1 aromatic carbocycles. The van der Waals surface area contributed by atoms with Crippen molar-refractivity contribution in [3.8, 4) is 11.3 Å². The molecule has 0 atom stereocenters. The molecular weight excluding hydrogens is 415 g/mol. The first-order valence-corrected chi connectivity index (χ1v) is 8.99. The van der Waals surface area contributed by atoms with Gasteiger partial charge in [0.2, 0.25) is 0 Å². The molecule has 1 aliphatic rings. The molecule has 0 bridgehead atoms. The Morgan fingerprint density at radius 2 is 2.00 bits per heavy atom. The zero-order valence-corrected chi connectivity index (χ0v) is 15.8. The van der Waals surface area contributed by atoms with Crippen LogP contribution in [0.15, 0.2) is 46.2 Å². The Morgan fingerprint density at radius 1 is 1.26 bits per heavy atom. The molecule has 1 aromatic heterocycles. The molecule has 0 aliphatic carbocycles. The van der Waals surface area contributed by atoms with Crippen molar-refractivity contribution in [3.63, 3.8) is 0 Å². The van der Waals surface area contributed by atoms with Gasteiger partial charge in [-0.3, -0.25) is 24.6 Å². The van der Waals surface area contributed by atoms with Gasteiger partial charge in [0.15, 0.2) is 0 Å². The fourth-order valence-corrected chi connectivity index (χ4v) is 3.73. The summed E-state index contributed by atoms with van der Waals surface area (Å²) in [6.07, 6.45) is 2.88. The number of benzene rings is 1. The molecule has 0 saturated carbocycles. The highest BCUT2D eigenvalue weighted by atomic mass is 35.5. The Labute approximate surface area is 167 Å². The van der Waals surface area contributed by atoms with Gasteiger partial charge in [0.1, 0.15) is 16.5 Å². The number of nitro benzene ring substituents is 1. The number of halogens is 2. The molecule has 27 heavy (non-hydrogen) atoms. The van der Waals surface area contributed by atoms with E-state index in [9.17, 15) is 19.7 Å². The molecule has 0 radical (unpaired) electrons. The van der Waals surface area contributed by atoms with Crippen LogP contribution in [0.2, 0.25) is 10.0 Å². The number of nitro groups is 1. The molecule has 0 N–H and O–H groups in total. The summed E-state index contributed by atoms with van der Waals surface area (Å²) < 4.78 is 5.62. The molecule has 1 fully saturated rings. The van der Waals surface area contributed by atoms with Crippen molar-refractivity contribution >= 4 is 57.9 Å². The lowest BCUT2D eigenvalue weighted by molar-refractivity contribution is -0.384. The number of imide groups is 1. The van der Waals surface area contributed by atoms with Gasteiger partial charge in [-0.25, -0.2) is 0 Å². The lowest BCUT2D eigenvalue weighted by Crippen LogP contribution is -2.27. The lowest BCUT2D eigenvalue weighted by atomic mass is 10.1. The topological polar surface area (TPSA) is 93.7 Å². The number of carbonyl (C=O) groups excluding carboxylic acids is 2. The minimum Gasteiger partial charge on any atom is -0.457 e. The summed E-state index contributed by atoms with van der Waals surface area (Å²) in [6.45, 7) is 3.63. The summed E-state index contributed by atoms with van der Waals surface area (Å²) in [6, 6.07) is 5.59. The average Bonchev–Trinajstić information content (AvgIpc) is 3.15. The second kappa shape index (κ2) is 7.59. The fourth-order valence-electron chi connectivity index (χ4n) is 2.36. The summed E-state index contributed by atoms with van der Waals surface area (Å²) in [7, 11) is 0. The number of furan rings is 1. The molecule has 1 aliphatic heterocycles. The summed E-state index contributed by atoms with van der Waals surface area (Å²) in [4.78, 5) is 35.7. The van der Waals surface area contributed by atoms with Gasteiger partial charge in [-0.15, -0.1) is 6.58 Å². The maximum absolute atomic E-state index is 12.2. The van der Waals surface area contributed by atoms with E-state index in [0.29, 0.717) is 5.76 Å². The van der Waals surface area contributed by atoms with Gasteiger partial charge in [-0.2, -0.15) is 0 Å². The van der Waals surface area contributed by atoms with E-state index < -0.39 is 16.1 Å². The zero-order valence-electron chi connectivity index (χ0n) is 13.5. The number of hydrogen-bond donors (Lipinski definition) is 0. The Bertz CT molecular complexity index is 1010. The Hall–Kier alpha value is -2.55. The summed E-state index contributed by atoms with van der Waals surface area (Å²) in [5.74, 6) is 0.113. The number of hydrogen-bond acceptors (Lipinski definition) is 6. The standard InChI is InChI=1S/C17H10Cl2N2O5S/c1-2-5-20-16(22)15(27-17(20)23)6-9-3-4-14(26-9)10-7-13(21(24)25)12(19)8-11(10)18/h2-4,6-8H,1,5H2/b15-6+. The van der Waals surface area contributed by atoms with Gasteiger partial charge in [-0.05, 0) is 30.0 Å². The molecule has 2 aromatic rings. The van der Waals surface area contributed by atoms with E-state index in [-0.39, 0.29) is 38.5 Å². The minimum absolute atomic E-state index is 0.0866. The normalized spacial score (nSPS) is 15.6. The van der Waals surface area contributed by atoms with Gasteiger partial charge in [0, 0.05) is 24.3 Å². The van der Waals surface area contributed by atoms with E-state index in [0.717, 1.165) is 16.7 Å². The van der Waals surface area contributed by atoms with E-state index in [2.05, 4.69) is 6.58 Å². The number of thioether (sulfide) groups is 1. The van der Waals surface area contributed by atoms with Crippen molar-refractivity contribution in [1.29, 1.82) is 0 Å². The summed E-state index contributed by atoms with van der Waals surface area (Å²) in [5.41, 5.74) is -0.0215. The third-order valence-electron chi connectivity index (χ3n) is 3.58. The third kappa shape index (κ3) is 3.78. The van der Waals surface area contributed by atoms with Crippen LogP contribution < -0.4 is 0 Å². The third-order valence-corrected chi connectivity index (χ3v) is 5.11. The second-order valence-electron chi connectivity index (χ2n) is 5.32. The Kier molecular flexibility index (Phi) is 5.41. The second-order valence-corrected chi connectivity index (χ2v) is 7.13. The first kappa shape index (κ1) is 19.2. The summed E-state index contributed by atoms with van der Waals surface area (Å²) >= 11 is 12.7. The molecule has 3 rings (SSSR count). The highest BCUT2D eigenvalue weighted by Gasteiger charge is 2.34. The van der Waals surface area contributed by atoms with E-state index in [1.165, 1.54) is 24.3 Å². The van der Waals surface area contributed by atoms with Crippen LogP contribution >= 0.6 is 35.0 Å². The van der Waals surface area contributed by atoms with Crippen LogP contribution in [-0.4, -0.2) is 27.5 Å². The van der Waals surface area contributed by atoms with Crippen molar-refractivity contribution in [3.05, 3.63) is 67.7 Å². The van der Waals surface area contributed by atoms with E-state index >= 15 is 0 Å². The number of nitrogens with zero attached hydrogens (tertiary/aromatic N) is 2. The zero-order chi connectivity index (χ0) is 19.7. The van der Waals surface area contributed by atoms with Crippen LogP contribution in [0.4, 0.5) is 10.5 Å². The first-order valence-electron chi connectivity index (χ1n) is 7.41. The SMILES string of the molecule is C=CCN1C(=O)S/C(=C/c2ccc(-c3cc([N+](=O)[O-])c(Cl)cc3Cl)o2)C1=O. The van der Waals surface area contributed by atoms with Crippen molar-refractivity contribution in [1.82, 2.24) is 4.90 Å². The predicted octanol–water partition coefficient (Wildman–Crippen LogP) is 5.38. The molecule has 0 unspecified atom stereocenters. The number of carbonyl (C=O) groups is 2. The molecule has 7 nitrogen and oxygen atoms in total. The number of rotatable bonds is 5. The van der Waals surface area contributed by atoms with Crippen molar-refractivity contribution in [2.75, 3.05) is 6.54 Å². The van der Waals surface area contributed by atoms with Crippen LogP contribution in [0.3, 0.4) is 0 Å². The average molecular weight is 425 g/mol. The van der Waals surface area contributed by atoms with Crippen LogP contribution in [0.25, 0.3) is 17.4 Å². The van der Waals surface area contributed by atoms with Gasteiger partial charge in [-0.1, -0.05) is 29.3 Å². The van der Waals surface area contributed by atoms with E-state index in [1.54, 1.807) is 12.1 Å². The number of amides is 2. The quantitative estimate of drug-likeness (QED) is 0.276. The van der Waals surface area contributed by atoms with Gasteiger partial charge in [0.25, 0.3) is 16.8 Å². The van der Waals surface area contributed by atoms with Crippen LogP contribution in [0.1, 0.15) is 5.76 Å². The van der Waals surface area contributed by atoms with E-state index in [4.69, 9.17) is 27.6 Å². The van der Waals surface area contributed by atoms with Gasteiger partial charge in [0.05, 0.1) is 14.9 Å². The van der Waals surface area contributed by atoms with Gasteiger partial charge < -0.3 is 4.42 Å². The lowest BCUT2D eigenvalue weighted by Gasteiger charge is -2.07. The molecule has 138 valence electrons. The molecule has 1 saturated heterocycles. The largest absolute Gasteiger partial charge is 0.457 e. The van der Waals surface area contributed by atoms with Crippen molar-refractivity contribution < 1.29 is 18.9 Å². The van der Waals surface area contributed by atoms with Crippen LogP contribution in [0.5, 0.6) is 0 Å². The smallest absolute Gasteiger partial charge is 0.293 e. The van der Waals surface area contributed by atoms with Crippen molar-refractivity contribution in [2.24, 2.45) is 0 Å². The first-order chi connectivity index (χ1) is 12.8. The maximum atomic E-state index is 12.2. The maximum Gasteiger partial charge on any atom is 0.293 e. The molecule has 0 spiro atoms.